The Hall–Kier alpha value is -2.28. The molecule has 0 saturated heterocycles. The van der Waals surface area contributed by atoms with Crippen LogP contribution in [0.5, 0.6) is 0 Å². The molecule has 0 spiro atoms. The highest BCUT2D eigenvalue weighted by atomic mass is 32.2. The number of carbonyl (C=O) groups is 1. The molecule has 126 valence electrons. The fourth-order valence-electron chi connectivity index (χ4n) is 1.97. The van der Waals surface area contributed by atoms with Gasteiger partial charge in [0.1, 0.15) is 0 Å². The Morgan fingerprint density at radius 2 is 2.00 bits per heavy atom. The SMILES string of the molecule is CC(=O)Nc1nc(C)c[s+]1-c1ccc(S(=O)(=O)NCCC#N)cc1. The van der Waals surface area contributed by atoms with Crippen molar-refractivity contribution in [3.63, 3.8) is 0 Å². The largest absolute Gasteiger partial charge is 0.352 e. The number of hydrogen-bond acceptors (Lipinski definition) is 5. The predicted octanol–water partition coefficient (Wildman–Crippen LogP) is 2.28. The topological polar surface area (TPSA) is 112 Å². The number of aryl methyl sites for hydroxylation is 1. The Labute approximate surface area is 143 Å². The van der Waals surface area contributed by atoms with Gasteiger partial charge in [-0.05, 0) is 31.2 Å². The van der Waals surface area contributed by atoms with Gasteiger partial charge in [-0.2, -0.15) is 10.2 Å². The summed E-state index contributed by atoms with van der Waals surface area (Å²) in [7, 11) is -4.15. The lowest BCUT2D eigenvalue weighted by Gasteiger charge is -2.04. The molecule has 0 bridgehead atoms. The van der Waals surface area contributed by atoms with Crippen LogP contribution in [0.25, 0.3) is 4.90 Å². The van der Waals surface area contributed by atoms with Gasteiger partial charge in [0.2, 0.25) is 15.9 Å². The molecule has 0 saturated carbocycles. The van der Waals surface area contributed by atoms with E-state index in [1.54, 1.807) is 12.1 Å². The van der Waals surface area contributed by atoms with Crippen LogP contribution in [0.15, 0.2) is 34.5 Å². The van der Waals surface area contributed by atoms with Gasteiger partial charge >= 0.3 is 5.13 Å². The van der Waals surface area contributed by atoms with Crippen LogP contribution in [-0.2, 0) is 14.8 Å². The molecular formula is C15H17N4O3S2+. The molecule has 0 radical (unpaired) electrons. The van der Waals surface area contributed by atoms with Crippen molar-refractivity contribution < 1.29 is 13.2 Å². The van der Waals surface area contributed by atoms with E-state index in [0.29, 0.717) is 5.13 Å². The van der Waals surface area contributed by atoms with Gasteiger partial charge in [-0.25, -0.2) is 13.1 Å². The number of carbonyl (C=O) groups excluding carboxylic acids is 1. The summed E-state index contributed by atoms with van der Waals surface area (Å²) in [6.45, 7) is 3.33. The Bertz CT molecular complexity index is 880. The van der Waals surface area contributed by atoms with Crippen LogP contribution in [0.3, 0.4) is 0 Å². The van der Waals surface area contributed by atoms with Gasteiger partial charge in [-0.1, -0.05) is 0 Å². The molecule has 2 N–H and O–H groups in total. The molecule has 1 unspecified atom stereocenters. The van der Waals surface area contributed by atoms with Crippen molar-refractivity contribution in [3.05, 3.63) is 35.3 Å². The van der Waals surface area contributed by atoms with Gasteiger partial charge in [0, 0.05) is 19.9 Å². The maximum Gasteiger partial charge on any atom is 0.352 e. The fourth-order valence-corrected chi connectivity index (χ4v) is 4.79. The lowest BCUT2D eigenvalue weighted by atomic mass is 10.4. The number of nitrogens with one attached hydrogen (secondary N) is 2. The number of aromatic nitrogens is 1. The first kappa shape index (κ1) is 18.1. The van der Waals surface area contributed by atoms with Crippen LogP contribution in [0.2, 0.25) is 0 Å². The van der Waals surface area contributed by atoms with E-state index in [1.165, 1.54) is 19.1 Å². The van der Waals surface area contributed by atoms with Crippen molar-refractivity contribution >= 4 is 31.5 Å². The van der Waals surface area contributed by atoms with Gasteiger partial charge in [-0.15, -0.1) is 0 Å². The zero-order valence-electron chi connectivity index (χ0n) is 13.2. The van der Waals surface area contributed by atoms with Gasteiger partial charge in [0.05, 0.1) is 27.1 Å². The lowest BCUT2D eigenvalue weighted by molar-refractivity contribution is -0.114. The van der Waals surface area contributed by atoms with Crippen molar-refractivity contribution in [2.45, 2.75) is 25.2 Å². The van der Waals surface area contributed by atoms with E-state index in [4.69, 9.17) is 5.26 Å². The van der Waals surface area contributed by atoms with Gasteiger partial charge in [0.15, 0.2) is 10.3 Å². The molecule has 9 heteroatoms. The minimum absolute atomic E-state index is 0.0756. The number of thiazole rings is 1. The molecule has 24 heavy (non-hydrogen) atoms. The number of nitriles is 1. The Kier molecular flexibility index (Phi) is 5.66. The second kappa shape index (κ2) is 7.53. The van der Waals surface area contributed by atoms with Crippen LogP contribution >= 0.6 is 10.5 Å². The Morgan fingerprint density at radius 3 is 2.58 bits per heavy atom. The standard InChI is InChI=1S/C15H16N4O3S2/c1-11-10-23(15(18-11)19-12(2)20)13-4-6-14(7-5-13)24(21,22)17-9-3-8-16/h4-7,10,17H,3,9H2,1-2H3/p+1. The first-order valence-electron chi connectivity index (χ1n) is 7.08. The quantitative estimate of drug-likeness (QED) is 0.602. The van der Waals surface area contributed by atoms with Crippen molar-refractivity contribution in [3.8, 4) is 11.0 Å². The first-order chi connectivity index (χ1) is 11.3. The lowest BCUT2D eigenvalue weighted by Crippen LogP contribution is -2.24. The molecule has 2 aromatic rings. The van der Waals surface area contributed by atoms with E-state index >= 15 is 0 Å². The molecule has 0 aliphatic carbocycles. The minimum atomic E-state index is -3.63. The van der Waals surface area contributed by atoms with Crippen LogP contribution in [0.1, 0.15) is 19.0 Å². The van der Waals surface area contributed by atoms with E-state index < -0.39 is 20.5 Å². The number of benzene rings is 1. The number of sulfonamides is 1. The van der Waals surface area contributed by atoms with Crippen molar-refractivity contribution in [1.29, 1.82) is 5.26 Å². The summed E-state index contributed by atoms with van der Waals surface area (Å²) in [5, 5.41) is 13.7. The third-order valence-electron chi connectivity index (χ3n) is 2.97. The fraction of sp³-hybridized carbons (Fsp3) is 0.267. The minimum Gasteiger partial charge on any atom is -0.275 e. The zero-order chi connectivity index (χ0) is 17.7. The second-order valence-corrected chi connectivity index (χ2v) is 8.51. The average molecular weight is 365 g/mol. The normalized spacial score (nSPS) is 11.8. The van der Waals surface area contributed by atoms with Crippen LogP contribution in [0, 0.1) is 18.3 Å². The molecule has 0 aliphatic rings. The van der Waals surface area contributed by atoms with E-state index in [9.17, 15) is 13.2 Å². The molecule has 1 aromatic heterocycles. The van der Waals surface area contributed by atoms with Crippen molar-refractivity contribution in [1.82, 2.24) is 9.71 Å². The number of amides is 1. The smallest absolute Gasteiger partial charge is 0.275 e. The molecule has 0 aliphatic heterocycles. The molecule has 1 aromatic carbocycles. The summed E-state index contributed by atoms with van der Waals surface area (Å²) in [5.74, 6) is -0.199. The number of hydrogen-bond donors (Lipinski definition) is 2. The van der Waals surface area contributed by atoms with E-state index in [-0.39, 0.29) is 23.8 Å². The highest BCUT2D eigenvalue weighted by molar-refractivity contribution is 7.89. The highest BCUT2D eigenvalue weighted by Gasteiger charge is 2.22. The summed E-state index contributed by atoms with van der Waals surface area (Å²) in [4.78, 5) is 16.6. The third-order valence-corrected chi connectivity index (χ3v) is 6.42. The van der Waals surface area contributed by atoms with E-state index in [0.717, 1.165) is 10.6 Å². The molecule has 0 fully saturated rings. The van der Waals surface area contributed by atoms with Crippen molar-refractivity contribution in [2.75, 3.05) is 11.9 Å². The maximum atomic E-state index is 12.1. The van der Waals surface area contributed by atoms with Crippen LogP contribution < -0.4 is 10.0 Å². The molecule has 1 heterocycles. The molecule has 2 rings (SSSR count). The number of rotatable bonds is 6. The first-order valence-corrected chi connectivity index (χ1v) is 9.85. The van der Waals surface area contributed by atoms with Crippen molar-refractivity contribution in [2.24, 2.45) is 0 Å². The zero-order valence-corrected chi connectivity index (χ0v) is 14.9. The van der Waals surface area contributed by atoms with E-state index in [2.05, 4.69) is 15.0 Å². The summed E-state index contributed by atoms with van der Waals surface area (Å²) >= 11 is 0. The Morgan fingerprint density at radius 1 is 1.33 bits per heavy atom. The monoisotopic (exact) mass is 365 g/mol. The Balaban J connectivity index is 2.27. The summed E-state index contributed by atoms with van der Waals surface area (Å²) in [6.07, 6.45) is 0.112. The maximum absolute atomic E-state index is 12.1. The molecule has 1 atom stereocenters. The van der Waals surface area contributed by atoms with Crippen LogP contribution in [0.4, 0.5) is 5.13 Å². The molecule has 7 nitrogen and oxygen atoms in total. The summed E-state index contributed by atoms with van der Waals surface area (Å²) in [6, 6.07) is 8.30. The third kappa shape index (κ3) is 4.38. The second-order valence-electron chi connectivity index (χ2n) is 4.97. The van der Waals surface area contributed by atoms with Crippen LogP contribution in [-0.4, -0.2) is 25.9 Å². The van der Waals surface area contributed by atoms with Gasteiger partial charge in [-0.3, -0.25) is 10.1 Å². The summed E-state index contributed by atoms with van der Waals surface area (Å²) < 4.78 is 26.5. The molecule has 1 amide bonds. The van der Waals surface area contributed by atoms with Gasteiger partial charge in [0.25, 0.3) is 0 Å². The highest BCUT2D eigenvalue weighted by Crippen LogP contribution is 2.39. The van der Waals surface area contributed by atoms with Gasteiger partial charge < -0.3 is 0 Å². The predicted molar refractivity (Wildman–Crippen MR) is 92.5 cm³/mol. The average Bonchev–Trinajstić information content (AvgIpc) is 2.87. The van der Waals surface area contributed by atoms with E-state index in [1.807, 2.05) is 18.4 Å². The summed E-state index contributed by atoms with van der Waals surface area (Å²) in [5.41, 5.74) is 0.803. The number of nitrogens with zero attached hydrogens (tertiary/aromatic N) is 2. The molecular weight excluding hydrogens is 348 g/mol. The number of anilines is 1.